The minimum atomic E-state index is -0.557. The normalized spacial score (nSPS) is 16.5. The number of rotatable bonds is 10. The summed E-state index contributed by atoms with van der Waals surface area (Å²) in [5.41, 5.74) is 2.13. The fourth-order valence-electron chi connectivity index (χ4n) is 3.77. The molecule has 2 aromatic carbocycles. The van der Waals surface area contributed by atoms with Gasteiger partial charge in [0, 0.05) is 45.8 Å². The van der Waals surface area contributed by atoms with Crippen LogP contribution in [0.2, 0.25) is 0 Å². The predicted molar refractivity (Wildman–Crippen MR) is 120 cm³/mol. The minimum absolute atomic E-state index is 0.220. The van der Waals surface area contributed by atoms with E-state index in [-0.39, 0.29) is 12.4 Å². The van der Waals surface area contributed by atoms with E-state index in [2.05, 4.69) is 21.7 Å². The van der Waals surface area contributed by atoms with Gasteiger partial charge in [-0.3, -0.25) is 9.80 Å². The van der Waals surface area contributed by atoms with Crippen molar-refractivity contribution >= 4 is 0 Å². The number of methoxy groups -OCH3 is 1. The van der Waals surface area contributed by atoms with Crippen LogP contribution in [0.15, 0.2) is 42.5 Å². The van der Waals surface area contributed by atoms with E-state index in [4.69, 9.17) is 9.47 Å². The van der Waals surface area contributed by atoms with Gasteiger partial charge in [0.1, 0.15) is 18.5 Å². The van der Waals surface area contributed by atoms with E-state index in [0.717, 1.165) is 37.3 Å². The van der Waals surface area contributed by atoms with Crippen molar-refractivity contribution in [3.8, 4) is 11.5 Å². The maximum atomic E-state index is 13.1. The van der Waals surface area contributed by atoms with Gasteiger partial charge in [0.05, 0.1) is 7.11 Å². The second-order valence-corrected chi connectivity index (χ2v) is 8.35. The van der Waals surface area contributed by atoms with Crippen molar-refractivity contribution in [3.05, 3.63) is 59.4 Å². The molecule has 1 saturated heterocycles. The number of halogens is 1. The predicted octanol–water partition coefficient (Wildman–Crippen LogP) is 2.45. The Morgan fingerprint density at radius 2 is 1.65 bits per heavy atom. The molecule has 0 spiro atoms. The fraction of sp³-hybridized carbons (Fsp3) is 0.500. The maximum absolute atomic E-state index is 13.1. The number of benzene rings is 2. The van der Waals surface area contributed by atoms with Crippen LogP contribution in [0.3, 0.4) is 0 Å². The van der Waals surface area contributed by atoms with E-state index in [1.165, 1.54) is 12.1 Å². The summed E-state index contributed by atoms with van der Waals surface area (Å²) >= 11 is 0. The number of hydrogen-bond acceptors (Lipinski definition) is 6. The van der Waals surface area contributed by atoms with Crippen LogP contribution in [0, 0.1) is 5.82 Å². The van der Waals surface area contributed by atoms with Crippen LogP contribution >= 0.6 is 0 Å². The zero-order chi connectivity index (χ0) is 22.2. The highest BCUT2D eigenvalue weighted by Crippen LogP contribution is 2.29. The first-order valence-electron chi connectivity index (χ1n) is 10.7. The Morgan fingerprint density at radius 3 is 2.32 bits per heavy atom. The molecule has 1 aliphatic heterocycles. The average Bonchev–Trinajstić information content (AvgIpc) is 2.75. The van der Waals surface area contributed by atoms with Gasteiger partial charge in [0.25, 0.3) is 0 Å². The monoisotopic (exact) mass is 431 g/mol. The molecule has 0 amide bonds. The van der Waals surface area contributed by atoms with E-state index in [0.29, 0.717) is 31.1 Å². The molecule has 6 nitrogen and oxygen atoms in total. The Kier molecular flexibility index (Phi) is 8.66. The third kappa shape index (κ3) is 7.47. The van der Waals surface area contributed by atoms with Gasteiger partial charge in [0.2, 0.25) is 0 Å². The molecule has 170 valence electrons. The number of likely N-dealkylation sites (N-methyl/N-ethyl adjacent to an activating group) is 1. The molecule has 1 heterocycles. The molecule has 0 bridgehead atoms. The van der Waals surface area contributed by atoms with Crippen LogP contribution in [0.5, 0.6) is 11.5 Å². The molecule has 0 aromatic heterocycles. The number of piperazine rings is 1. The molecule has 0 saturated carbocycles. The van der Waals surface area contributed by atoms with Crippen molar-refractivity contribution in [2.24, 2.45) is 0 Å². The molecule has 1 N–H and O–H groups in total. The SMILES string of the molecule is COc1ccc(CN(C)Cc2ccc(F)cc2)cc1OCC(O)CN1CCN(C)CC1. The first kappa shape index (κ1) is 23.5. The van der Waals surface area contributed by atoms with Crippen molar-refractivity contribution in [2.45, 2.75) is 19.2 Å². The lowest BCUT2D eigenvalue weighted by atomic mass is 10.1. The van der Waals surface area contributed by atoms with Crippen molar-refractivity contribution in [1.82, 2.24) is 14.7 Å². The molecule has 0 aliphatic carbocycles. The molecular formula is C24H34FN3O3. The number of nitrogens with zero attached hydrogens (tertiary/aromatic N) is 3. The van der Waals surface area contributed by atoms with E-state index in [1.807, 2.05) is 25.2 Å². The number of aliphatic hydroxyl groups is 1. The van der Waals surface area contributed by atoms with Crippen LogP contribution in [0.25, 0.3) is 0 Å². The third-order valence-electron chi connectivity index (χ3n) is 5.54. The van der Waals surface area contributed by atoms with Crippen molar-refractivity contribution in [2.75, 3.05) is 60.5 Å². The Hall–Kier alpha value is -2.19. The second kappa shape index (κ2) is 11.4. The highest BCUT2D eigenvalue weighted by molar-refractivity contribution is 5.43. The Balaban J connectivity index is 1.53. The smallest absolute Gasteiger partial charge is 0.161 e. The molecule has 2 aromatic rings. The van der Waals surface area contributed by atoms with Crippen LogP contribution in [-0.2, 0) is 13.1 Å². The first-order valence-corrected chi connectivity index (χ1v) is 10.7. The molecule has 1 atom stereocenters. The van der Waals surface area contributed by atoms with Crippen LogP contribution in [0.4, 0.5) is 4.39 Å². The van der Waals surface area contributed by atoms with Gasteiger partial charge in [-0.15, -0.1) is 0 Å². The molecule has 3 rings (SSSR count). The van der Waals surface area contributed by atoms with Crippen molar-refractivity contribution in [1.29, 1.82) is 0 Å². The Labute approximate surface area is 184 Å². The summed E-state index contributed by atoms with van der Waals surface area (Å²) in [6.07, 6.45) is -0.557. The van der Waals surface area contributed by atoms with Gasteiger partial charge < -0.3 is 19.5 Å². The lowest BCUT2D eigenvalue weighted by Crippen LogP contribution is -2.47. The van der Waals surface area contributed by atoms with E-state index >= 15 is 0 Å². The van der Waals surface area contributed by atoms with Crippen LogP contribution < -0.4 is 9.47 Å². The molecule has 1 fully saturated rings. The summed E-state index contributed by atoms with van der Waals surface area (Å²) in [6.45, 7) is 6.23. The van der Waals surface area contributed by atoms with Crippen molar-refractivity contribution in [3.63, 3.8) is 0 Å². The van der Waals surface area contributed by atoms with Gasteiger partial charge in [-0.2, -0.15) is 0 Å². The highest BCUT2D eigenvalue weighted by Gasteiger charge is 2.18. The topological polar surface area (TPSA) is 48.4 Å². The maximum Gasteiger partial charge on any atom is 0.161 e. The number of hydrogen-bond donors (Lipinski definition) is 1. The zero-order valence-corrected chi connectivity index (χ0v) is 18.8. The first-order chi connectivity index (χ1) is 14.9. The Bertz CT molecular complexity index is 810. The summed E-state index contributed by atoms with van der Waals surface area (Å²) in [4.78, 5) is 6.72. The minimum Gasteiger partial charge on any atom is -0.493 e. The molecule has 1 aliphatic rings. The number of β-amino-alcohol motifs (C(OH)–C–C–N with tert-alkyl or cyclic N) is 1. The zero-order valence-electron chi connectivity index (χ0n) is 18.8. The highest BCUT2D eigenvalue weighted by atomic mass is 19.1. The van der Waals surface area contributed by atoms with Gasteiger partial charge in [-0.25, -0.2) is 4.39 Å². The molecule has 0 radical (unpaired) electrons. The second-order valence-electron chi connectivity index (χ2n) is 8.35. The quantitative estimate of drug-likeness (QED) is 0.624. The van der Waals surface area contributed by atoms with Crippen LogP contribution in [0.1, 0.15) is 11.1 Å². The summed E-state index contributed by atoms with van der Waals surface area (Å²) in [5, 5.41) is 10.4. The van der Waals surface area contributed by atoms with E-state index in [1.54, 1.807) is 19.2 Å². The van der Waals surface area contributed by atoms with E-state index < -0.39 is 6.10 Å². The van der Waals surface area contributed by atoms with Gasteiger partial charge in [-0.1, -0.05) is 18.2 Å². The van der Waals surface area contributed by atoms with Gasteiger partial charge >= 0.3 is 0 Å². The summed E-state index contributed by atoms with van der Waals surface area (Å²) < 4.78 is 24.5. The molecular weight excluding hydrogens is 397 g/mol. The fourth-order valence-corrected chi connectivity index (χ4v) is 3.77. The largest absolute Gasteiger partial charge is 0.493 e. The molecule has 31 heavy (non-hydrogen) atoms. The number of ether oxygens (including phenoxy) is 2. The van der Waals surface area contributed by atoms with Crippen molar-refractivity contribution < 1.29 is 19.0 Å². The van der Waals surface area contributed by atoms with Gasteiger partial charge in [0.15, 0.2) is 11.5 Å². The number of aliphatic hydroxyl groups excluding tert-OH is 1. The average molecular weight is 432 g/mol. The standard InChI is InChI=1S/C24H34FN3O3/c1-26-10-12-28(13-11-26)17-22(29)18-31-24-14-20(6-9-23(24)30-3)16-27(2)15-19-4-7-21(25)8-5-19/h4-9,14,22,29H,10-13,15-18H2,1-3H3. The van der Waals surface area contributed by atoms with E-state index in [9.17, 15) is 9.50 Å². The molecule has 1 unspecified atom stereocenters. The summed E-state index contributed by atoms with van der Waals surface area (Å²) in [5.74, 6) is 1.06. The van der Waals surface area contributed by atoms with Crippen LogP contribution in [-0.4, -0.2) is 86.4 Å². The third-order valence-corrected chi connectivity index (χ3v) is 5.54. The lowest BCUT2D eigenvalue weighted by molar-refractivity contribution is 0.0497. The molecule has 7 heteroatoms. The lowest BCUT2D eigenvalue weighted by Gasteiger charge is -2.33. The Morgan fingerprint density at radius 1 is 1.00 bits per heavy atom. The van der Waals surface area contributed by atoms with Gasteiger partial charge in [-0.05, 0) is 49.5 Å². The summed E-state index contributed by atoms with van der Waals surface area (Å²) in [7, 11) is 5.75. The summed E-state index contributed by atoms with van der Waals surface area (Å²) in [6, 6.07) is 12.4.